The lowest BCUT2D eigenvalue weighted by Crippen LogP contribution is -2.28. The highest BCUT2D eigenvalue weighted by atomic mass is 127. The third-order valence-corrected chi connectivity index (χ3v) is 4.53. The molecule has 2 N–H and O–H groups in total. The van der Waals surface area contributed by atoms with E-state index in [1.165, 1.54) is 0 Å². The molecule has 7 heteroatoms. The highest BCUT2D eigenvalue weighted by Gasteiger charge is 2.34. The number of aromatic nitrogens is 2. The monoisotopic (exact) mass is 432 g/mol. The normalized spacial score (nSPS) is 20.5. The van der Waals surface area contributed by atoms with Gasteiger partial charge in [0.1, 0.15) is 0 Å². The molecule has 1 saturated heterocycles. The minimum absolute atomic E-state index is 0. The Labute approximate surface area is 149 Å². The topological polar surface area (TPSA) is 59.0 Å². The van der Waals surface area contributed by atoms with Crippen LogP contribution in [0.2, 0.25) is 0 Å². The molecule has 22 heavy (non-hydrogen) atoms. The second-order valence-electron chi connectivity index (χ2n) is 5.31. The average molecular weight is 433 g/mol. The van der Waals surface area contributed by atoms with Gasteiger partial charge in [-0.1, -0.05) is 0 Å². The molecule has 0 spiro atoms. The van der Waals surface area contributed by atoms with Crippen LogP contribution >= 0.6 is 35.0 Å². The van der Waals surface area contributed by atoms with Crippen molar-refractivity contribution in [3.05, 3.63) is 45.8 Å². The number of carbonyl (C=O) groups is 1. The second kappa shape index (κ2) is 7.43. The van der Waals surface area contributed by atoms with Crippen molar-refractivity contribution in [1.82, 2.24) is 15.1 Å². The Morgan fingerprint density at radius 3 is 2.73 bits per heavy atom. The molecule has 5 nitrogen and oxygen atoms in total. The summed E-state index contributed by atoms with van der Waals surface area (Å²) in [6.45, 7) is 1.52. The first-order valence-corrected chi connectivity index (χ1v) is 7.97. The van der Waals surface area contributed by atoms with E-state index in [1.54, 1.807) is 4.68 Å². The predicted molar refractivity (Wildman–Crippen MR) is 97.3 cm³/mol. The minimum Gasteiger partial charge on any atom is -0.326 e. The molecular formula is C15H18ClIN4O. The van der Waals surface area contributed by atoms with E-state index in [9.17, 15) is 4.79 Å². The molecule has 1 fully saturated rings. The largest absolute Gasteiger partial charge is 0.326 e. The number of amides is 1. The van der Waals surface area contributed by atoms with Crippen LogP contribution in [-0.2, 0) is 11.8 Å². The number of hydrogen-bond donors (Lipinski definition) is 2. The summed E-state index contributed by atoms with van der Waals surface area (Å²) < 4.78 is 2.93. The van der Waals surface area contributed by atoms with Crippen LogP contribution in [0, 0.1) is 9.49 Å². The van der Waals surface area contributed by atoms with Gasteiger partial charge in [-0.25, -0.2) is 0 Å². The Hall–Kier alpha value is -1.12. The predicted octanol–water partition coefficient (Wildman–Crippen LogP) is 2.39. The Bertz CT molecular complexity index is 643. The van der Waals surface area contributed by atoms with Crippen molar-refractivity contribution in [3.8, 4) is 0 Å². The summed E-state index contributed by atoms with van der Waals surface area (Å²) in [5.41, 5.74) is 1.96. The third-order valence-electron chi connectivity index (χ3n) is 3.82. The number of hydrogen-bond acceptors (Lipinski definition) is 3. The summed E-state index contributed by atoms with van der Waals surface area (Å²) in [5, 5.41) is 10.5. The molecule has 1 amide bonds. The van der Waals surface area contributed by atoms with Crippen LogP contribution in [0.15, 0.2) is 36.7 Å². The van der Waals surface area contributed by atoms with E-state index in [-0.39, 0.29) is 30.2 Å². The number of anilines is 1. The third kappa shape index (κ3) is 3.80. The molecule has 0 radical (unpaired) electrons. The fourth-order valence-corrected chi connectivity index (χ4v) is 3.06. The van der Waals surface area contributed by atoms with Gasteiger partial charge in [-0.3, -0.25) is 9.48 Å². The van der Waals surface area contributed by atoms with Gasteiger partial charge < -0.3 is 10.6 Å². The van der Waals surface area contributed by atoms with Gasteiger partial charge >= 0.3 is 0 Å². The van der Waals surface area contributed by atoms with Crippen LogP contribution in [0.25, 0.3) is 0 Å². The number of rotatable bonds is 3. The van der Waals surface area contributed by atoms with E-state index < -0.39 is 0 Å². The van der Waals surface area contributed by atoms with Crippen molar-refractivity contribution in [3.63, 3.8) is 0 Å². The molecule has 2 aromatic rings. The molecule has 1 aromatic carbocycles. The molecule has 2 heterocycles. The van der Waals surface area contributed by atoms with Gasteiger partial charge in [0.15, 0.2) is 0 Å². The Balaban J connectivity index is 0.00000176. The zero-order chi connectivity index (χ0) is 14.8. The molecule has 1 aliphatic heterocycles. The fourth-order valence-electron chi connectivity index (χ4n) is 2.70. The number of nitrogens with one attached hydrogen (secondary N) is 2. The van der Waals surface area contributed by atoms with Gasteiger partial charge in [-0.05, 0) is 52.4 Å². The maximum atomic E-state index is 12.5. The van der Waals surface area contributed by atoms with E-state index in [1.807, 2.05) is 43.7 Å². The zero-order valence-corrected chi connectivity index (χ0v) is 15.1. The van der Waals surface area contributed by atoms with Crippen LogP contribution in [0.4, 0.5) is 5.69 Å². The van der Waals surface area contributed by atoms with E-state index in [2.05, 4.69) is 38.3 Å². The van der Waals surface area contributed by atoms with Crippen molar-refractivity contribution in [1.29, 1.82) is 0 Å². The molecule has 0 unspecified atom stereocenters. The Morgan fingerprint density at radius 2 is 2.09 bits per heavy atom. The maximum absolute atomic E-state index is 12.5. The summed E-state index contributed by atoms with van der Waals surface area (Å²) in [6, 6.07) is 7.84. The lowest BCUT2D eigenvalue weighted by atomic mass is 9.90. The molecule has 0 aliphatic carbocycles. The molecule has 118 valence electrons. The van der Waals surface area contributed by atoms with Crippen LogP contribution < -0.4 is 10.6 Å². The van der Waals surface area contributed by atoms with Crippen molar-refractivity contribution in [2.24, 2.45) is 13.0 Å². The Morgan fingerprint density at radius 1 is 1.36 bits per heavy atom. The first kappa shape index (κ1) is 17.2. The van der Waals surface area contributed by atoms with Gasteiger partial charge in [0, 0.05) is 41.5 Å². The van der Waals surface area contributed by atoms with Crippen molar-refractivity contribution < 1.29 is 4.79 Å². The van der Waals surface area contributed by atoms with Gasteiger partial charge in [-0.2, -0.15) is 5.10 Å². The highest BCUT2D eigenvalue weighted by molar-refractivity contribution is 14.1. The first-order valence-electron chi connectivity index (χ1n) is 6.89. The molecule has 3 rings (SSSR count). The number of halogens is 2. The lowest BCUT2D eigenvalue weighted by molar-refractivity contribution is -0.119. The highest BCUT2D eigenvalue weighted by Crippen LogP contribution is 2.28. The number of aryl methyl sites for hydroxylation is 1. The minimum atomic E-state index is -0.0616. The number of benzene rings is 1. The second-order valence-corrected chi connectivity index (χ2v) is 6.56. The van der Waals surface area contributed by atoms with Crippen molar-refractivity contribution >= 4 is 46.6 Å². The van der Waals surface area contributed by atoms with Crippen LogP contribution in [-0.4, -0.2) is 28.8 Å². The van der Waals surface area contributed by atoms with E-state index in [0.29, 0.717) is 6.54 Å². The summed E-state index contributed by atoms with van der Waals surface area (Å²) in [5.74, 6) is 0.186. The van der Waals surface area contributed by atoms with Gasteiger partial charge in [0.2, 0.25) is 5.91 Å². The Kier molecular flexibility index (Phi) is 5.82. The van der Waals surface area contributed by atoms with Crippen molar-refractivity contribution in [2.75, 3.05) is 18.4 Å². The molecule has 1 aromatic heterocycles. The molecular weight excluding hydrogens is 415 g/mol. The molecule has 0 saturated carbocycles. The number of nitrogens with zero attached hydrogens (tertiary/aromatic N) is 2. The summed E-state index contributed by atoms with van der Waals surface area (Å²) >= 11 is 2.25. The maximum Gasteiger partial charge on any atom is 0.229 e. The number of carbonyl (C=O) groups excluding carboxylic acids is 1. The molecule has 2 atom stereocenters. The first-order chi connectivity index (χ1) is 10.1. The lowest BCUT2D eigenvalue weighted by Gasteiger charge is -2.17. The average Bonchev–Trinajstić information content (AvgIpc) is 3.09. The van der Waals surface area contributed by atoms with Crippen molar-refractivity contribution in [2.45, 2.75) is 5.92 Å². The zero-order valence-electron chi connectivity index (χ0n) is 12.1. The van der Waals surface area contributed by atoms with Gasteiger partial charge in [0.05, 0.1) is 12.1 Å². The van der Waals surface area contributed by atoms with E-state index in [4.69, 9.17) is 0 Å². The van der Waals surface area contributed by atoms with Crippen LogP contribution in [0.1, 0.15) is 11.5 Å². The van der Waals surface area contributed by atoms with Gasteiger partial charge in [-0.15, -0.1) is 12.4 Å². The summed E-state index contributed by atoms with van der Waals surface area (Å²) in [6.07, 6.45) is 3.84. The fraction of sp³-hybridized carbons (Fsp3) is 0.333. The summed E-state index contributed by atoms with van der Waals surface area (Å²) in [4.78, 5) is 12.5. The molecule has 0 bridgehead atoms. The summed E-state index contributed by atoms with van der Waals surface area (Å²) in [7, 11) is 1.90. The van der Waals surface area contributed by atoms with E-state index in [0.717, 1.165) is 21.4 Å². The SMILES string of the molecule is Cl.Cn1cc([C@H]2CNC[C@@H]2C(=O)Nc2ccc(I)cc2)cn1. The van der Waals surface area contributed by atoms with E-state index >= 15 is 0 Å². The quantitative estimate of drug-likeness (QED) is 0.732. The smallest absolute Gasteiger partial charge is 0.229 e. The standard InChI is InChI=1S/C15H17IN4O.ClH/c1-20-9-10(6-18-20)13-7-17-8-14(13)15(21)19-12-4-2-11(16)3-5-12;/h2-6,9,13-14,17H,7-8H2,1H3,(H,19,21);1H/t13-,14+;/m1./s1. The molecule has 1 aliphatic rings. The van der Waals surface area contributed by atoms with Gasteiger partial charge in [0.25, 0.3) is 0 Å². The van der Waals surface area contributed by atoms with Crippen LogP contribution in [0.3, 0.4) is 0 Å². The van der Waals surface area contributed by atoms with Crippen LogP contribution in [0.5, 0.6) is 0 Å².